The fraction of sp³-hybridized carbons (Fsp3) is 0.136. The zero-order valence-corrected chi connectivity index (χ0v) is 19.0. The Bertz CT molecular complexity index is 1340. The van der Waals surface area contributed by atoms with Gasteiger partial charge in [-0.1, -0.05) is 23.7 Å². The lowest BCUT2D eigenvalue weighted by molar-refractivity contribution is -0.385. The Kier molecular flexibility index (Phi) is 6.52. The molecule has 3 rings (SSSR count). The maximum Gasteiger partial charge on any atom is 0.274 e. The van der Waals surface area contributed by atoms with Gasteiger partial charge in [0.1, 0.15) is 4.90 Å². The number of halogens is 1. The Morgan fingerprint density at radius 1 is 1.00 bits per heavy atom. The number of aryl methyl sites for hydroxylation is 2. The summed E-state index contributed by atoms with van der Waals surface area (Å²) in [6.45, 7) is 5.29. The van der Waals surface area contributed by atoms with E-state index in [4.69, 9.17) is 11.6 Å². The lowest BCUT2D eigenvalue weighted by Gasteiger charge is -2.13. The quantitative estimate of drug-likeness (QED) is 0.375. The highest BCUT2D eigenvalue weighted by molar-refractivity contribution is 7.92. The third-order valence-electron chi connectivity index (χ3n) is 4.99. The molecule has 8 nitrogen and oxygen atoms in total. The summed E-state index contributed by atoms with van der Waals surface area (Å²) in [6.07, 6.45) is 0. The van der Waals surface area contributed by atoms with E-state index in [-0.39, 0.29) is 32.4 Å². The second kappa shape index (κ2) is 8.97. The number of carbonyl (C=O) groups is 1. The van der Waals surface area contributed by atoms with Gasteiger partial charge in [0.15, 0.2) is 0 Å². The van der Waals surface area contributed by atoms with E-state index in [9.17, 15) is 23.3 Å². The van der Waals surface area contributed by atoms with Crippen LogP contribution < -0.4 is 10.0 Å². The van der Waals surface area contributed by atoms with Crippen molar-refractivity contribution in [2.45, 2.75) is 25.7 Å². The van der Waals surface area contributed by atoms with Gasteiger partial charge in [0.2, 0.25) is 0 Å². The highest BCUT2D eigenvalue weighted by Gasteiger charge is 2.22. The van der Waals surface area contributed by atoms with E-state index >= 15 is 0 Å². The van der Waals surface area contributed by atoms with Gasteiger partial charge in [0.25, 0.3) is 21.6 Å². The van der Waals surface area contributed by atoms with Crippen LogP contribution in [0.2, 0.25) is 5.02 Å². The maximum atomic E-state index is 12.9. The van der Waals surface area contributed by atoms with Crippen molar-refractivity contribution in [3.05, 3.63) is 92.0 Å². The lowest BCUT2D eigenvalue weighted by atomic mass is 10.1. The van der Waals surface area contributed by atoms with E-state index in [1.165, 1.54) is 37.3 Å². The van der Waals surface area contributed by atoms with Gasteiger partial charge in [-0.25, -0.2) is 8.42 Å². The summed E-state index contributed by atoms with van der Waals surface area (Å²) in [7, 11) is -4.08. The molecule has 0 aliphatic heterocycles. The first-order chi connectivity index (χ1) is 15.0. The monoisotopic (exact) mass is 473 g/mol. The second-order valence-electron chi connectivity index (χ2n) is 7.21. The van der Waals surface area contributed by atoms with Crippen LogP contribution in [0.15, 0.2) is 59.5 Å². The van der Waals surface area contributed by atoms with Crippen LogP contribution in [0.1, 0.15) is 27.0 Å². The minimum Gasteiger partial charge on any atom is -0.321 e. The first kappa shape index (κ1) is 23.2. The lowest BCUT2D eigenvalue weighted by Crippen LogP contribution is -2.17. The molecule has 1 amide bonds. The van der Waals surface area contributed by atoms with Crippen LogP contribution in [0, 0.1) is 30.9 Å². The summed E-state index contributed by atoms with van der Waals surface area (Å²) in [5.41, 5.74) is 2.71. The van der Waals surface area contributed by atoms with Crippen molar-refractivity contribution >= 4 is 44.6 Å². The van der Waals surface area contributed by atoms with Crippen LogP contribution in [0.25, 0.3) is 0 Å². The van der Waals surface area contributed by atoms with Crippen molar-refractivity contribution in [2.24, 2.45) is 0 Å². The van der Waals surface area contributed by atoms with Gasteiger partial charge in [0, 0.05) is 17.3 Å². The van der Waals surface area contributed by atoms with Gasteiger partial charge >= 0.3 is 0 Å². The first-order valence-corrected chi connectivity index (χ1v) is 11.3. The standard InChI is InChI=1S/C22H20ClN3O5S/c1-13-7-9-17(11-14(13)2)25-32(30,31)21-12-16(8-10-18(21)23)22(27)24-19-5-4-6-20(15(19)3)26(28)29/h4-12,25H,1-3H3,(H,24,27). The number of nitrogens with one attached hydrogen (secondary N) is 2. The number of nitro benzene ring substituents is 1. The molecule has 10 heteroatoms. The molecule has 0 saturated carbocycles. The Labute approximate surface area is 190 Å². The molecule has 0 unspecified atom stereocenters. The molecule has 0 aliphatic rings. The van der Waals surface area contributed by atoms with Crippen LogP contribution in [-0.4, -0.2) is 19.2 Å². The number of hydrogen-bond donors (Lipinski definition) is 2. The first-order valence-electron chi connectivity index (χ1n) is 9.44. The number of amides is 1. The number of carbonyl (C=O) groups excluding carboxylic acids is 1. The molecule has 0 saturated heterocycles. The summed E-state index contributed by atoms with van der Waals surface area (Å²) in [6, 6.07) is 13.3. The van der Waals surface area contributed by atoms with Gasteiger partial charge in [-0.05, 0) is 68.3 Å². The molecular weight excluding hydrogens is 454 g/mol. The fourth-order valence-electron chi connectivity index (χ4n) is 3.02. The molecule has 0 heterocycles. The van der Waals surface area contributed by atoms with Gasteiger partial charge in [-0.15, -0.1) is 0 Å². The molecule has 3 aromatic rings. The molecular formula is C22H20ClN3O5S. The van der Waals surface area contributed by atoms with Crippen LogP contribution >= 0.6 is 11.6 Å². The normalized spacial score (nSPS) is 11.1. The summed E-state index contributed by atoms with van der Waals surface area (Å²) in [5, 5.41) is 13.6. The van der Waals surface area contributed by atoms with E-state index in [0.717, 1.165) is 17.2 Å². The number of nitrogens with zero attached hydrogens (tertiary/aromatic N) is 1. The molecule has 0 atom stereocenters. The van der Waals surface area contributed by atoms with E-state index < -0.39 is 20.9 Å². The third kappa shape index (κ3) is 4.90. The maximum absolute atomic E-state index is 12.9. The Morgan fingerprint density at radius 3 is 2.38 bits per heavy atom. The number of benzene rings is 3. The van der Waals surface area contributed by atoms with E-state index in [1.54, 1.807) is 18.2 Å². The predicted octanol–water partition coefficient (Wildman–Crippen LogP) is 5.23. The number of sulfonamides is 1. The largest absolute Gasteiger partial charge is 0.321 e. The van der Waals surface area contributed by atoms with E-state index in [0.29, 0.717) is 5.69 Å². The summed E-state index contributed by atoms with van der Waals surface area (Å²) >= 11 is 6.12. The zero-order valence-electron chi connectivity index (χ0n) is 17.5. The van der Waals surface area contributed by atoms with Crippen LogP contribution in [0.4, 0.5) is 17.1 Å². The van der Waals surface area contributed by atoms with Crippen molar-refractivity contribution in [3.8, 4) is 0 Å². The molecule has 0 aliphatic carbocycles. The average molecular weight is 474 g/mol. The Morgan fingerprint density at radius 2 is 1.72 bits per heavy atom. The number of anilines is 2. The number of hydrogen-bond acceptors (Lipinski definition) is 5. The van der Waals surface area contributed by atoms with Gasteiger partial charge in [-0.3, -0.25) is 19.6 Å². The van der Waals surface area contributed by atoms with Crippen LogP contribution in [0.5, 0.6) is 0 Å². The topological polar surface area (TPSA) is 118 Å². The van der Waals surface area contributed by atoms with Crippen molar-refractivity contribution < 1.29 is 18.1 Å². The number of nitro groups is 1. The van der Waals surface area contributed by atoms with E-state index in [1.807, 2.05) is 13.8 Å². The Balaban J connectivity index is 1.91. The summed E-state index contributed by atoms with van der Waals surface area (Å²) in [5.74, 6) is -0.632. The smallest absolute Gasteiger partial charge is 0.274 e. The average Bonchev–Trinajstić information content (AvgIpc) is 2.72. The molecule has 2 N–H and O–H groups in total. The minimum absolute atomic E-state index is 0.0285. The van der Waals surface area contributed by atoms with Crippen LogP contribution in [0.3, 0.4) is 0 Å². The summed E-state index contributed by atoms with van der Waals surface area (Å²) in [4.78, 5) is 23.0. The predicted molar refractivity (Wildman–Crippen MR) is 124 cm³/mol. The van der Waals surface area contributed by atoms with Gasteiger partial charge < -0.3 is 5.32 Å². The molecule has 0 bridgehead atoms. The molecule has 3 aromatic carbocycles. The molecule has 166 valence electrons. The zero-order chi connectivity index (χ0) is 23.6. The molecule has 0 fully saturated rings. The molecule has 0 radical (unpaired) electrons. The van der Waals surface area contributed by atoms with Crippen molar-refractivity contribution in [3.63, 3.8) is 0 Å². The van der Waals surface area contributed by atoms with Crippen molar-refractivity contribution in [1.82, 2.24) is 0 Å². The second-order valence-corrected chi connectivity index (χ2v) is 9.27. The third-order valence-corrected chi connectivity index (χ3v) is 6.85. The Hall–Kier alpha value is -3.43. The molecule has 0 spiro atoms. The SMILES string of the molecule is Cc1ccc(NS(=O)(=O)c2cc(C(=O)Nc3cccc([N+](=O)[O-])c3C)ccc2Cl)cc1C. The number of rotatable bonds is 6. The van der Waals surface area contributed by atoms with E-state index in [2.05, 4.69) is 10.0 Å². The molecule has 0 aromatic heterocycles. The minimum atomic E-state index is -4.08. The summed E-state index contributed by atoms with van der Waals surface area (Å²) < 4.78 is 28.3. The highest BCUT2D eigenvalue weighted by Crippen LogP contribution is 2.28. The van der Waals surface area contributed by atoms with Gasteiger partial charge in [-0.2, -0.15) is 0 Å². The van der Waals surface area contributed by atoms with Crippen LogP contribution in [-0.2, 0) is 10.0 Å². The highest BCUT2D eigenvalue weighted by atomic mass is 35.5. The van der Waals surface area contributed by atoms with Crippen molar-refractivity contribution in [1.29, 1.82) is 0 Å². The fourth-order valence-corrected chi connectivity index (χ4v) is 4.59. The van der Waals surface area contributed by atoms with Gasteiger partial charge in [0.05, 0.1) is 21.2 Å². The van der Waals surface area contributed by atoms with Crippen molar-refractivity contribution in [2.75, 3.05) is 10.0 Å². The molecule has 32 heavy (non-hydrogen) atoms.